The molecular formula is C12H22N4O2S. The lowest BCUT2D eigenvalue weighted by atomic mass is 9.92. The molecule has 0 atom stereocenters. The van der Waals surface area contributed by atoms with Crippen molar-refractivity contribution in [3.63, 3.8) is 0 Å². The number of aryl methyl sites for hydroxylation is 1. The van der Waals surface area contributed by atoms with Crippen molar-refractivity contribution in [1.29, 1.82) is 0 Å². The van der Waals surface area contributed by atoms with Gasteiger partial charge in [0.05, 0.1) is 6.20 Å². The van der Waals surface area contributed by atoms with Gasteiger partial charge in [-0.1, -0.05) is 25.7 Å². The first-order valence-corrected chi connectivity index (χ1v) is 8.19. The number of hydrogen-bond acceptors (Lipinski definition) is 4. The number of nitrogens with zero attached hydrogens (tertiary/aromatic N) is 2. The molecule has 1 saturated carbocycles. The van der Waals surface area contributed by atoms with E-state index in [0.717, 1.165) is 38.5 Å². The maximum absolute atomic E-state index is 12.4. The molecule has 3 N–H and O–H groups in total. The summed E-state index contributed by atoms with van der Waals surface area (Å²) in [6.45, 7) is 0.337. The molecule has 0 radical (unpaired) electrons. The maximum Gasteiger partial charge on any atom is 0.258 e. The molecule has 0 amide bonds. The molecule has 0 aliphatic heterocycles. The average Bonchev–Trinajstić information content (AvgIpc) is 2.67. The van der Waals surface area contributed by atoms with Crippen molar-refractivity contribution in [2.24, 2.45) is 12.8 Å². The first-order chi connectivity index (χ1) is 8.99. The molecule has 1 aromatic rings. The molecule has 0 aromatic carbocycles. The van der Waals surface area contributed by atoms with E-state index in [2.05, 4.69) is 9.82 Å². The zero-order valence-electron chi connectivity index (χ0n) is 11.3. The molecular weight excluding hydrogens is 264 g/mol. The zero-order chi connectivity index (χ0) is 13.9. The van der Waals surface area contributed by atoms with Crippen LogP contribution in [0.5, 0.6) is 0 Å². The van der Waals surface area contributed by atoms with E-state index in [9.17, 15) is 8.42 Å². The van der Waals surface area contributed by atoms with Gasteiger partial charge in [-0.15, -0.1) is 0 Å². The second-order valence-electron chi connectivity index (χ2n) is 5.30. The lowest BCUT2D eigenvalue weighted by Crippen LogP contribution is -2.53. The second-order valence-corrected chi connectivity index (χ2v) is 6.93. The fourth-order valence-corrected chi connectivity index (χ4v) is 4.31. The third kappa shape index (κ3) is 3.16. The Morgan fingerprint density at radius 2 is 2.00 bits per heavy atom. The van der Waals surface area contributed by atoms with E-state index in [-0.39, 0.29) is 5.03 Å². The van der Waals surface area contributed by atoms with Gasteiger partial charge in [-0.05, 0) is 18.9 Å². The lowest BCUT2D eigenvalue weighted by Gasteiger charge is -2.32. The fraction of sp³-hybridized carbons (Fsp3) is 0.750. The third-order valence-corrected chi connectivity index (χ3v) is 5.51. The van der Waals surface area contributed by atoms with Crippen LogP contribution >= 0.6 is 0 Å². The van der Waals surface area contributed by atoms with Gasteiger partial charge in [0, 0.05) is 19.1 Å². The number of hydrogen-bond donors (Lipinski definition) is 2. The molecule has 2 rings (SSSR count). The van der Waals surface area contributed by atoms with Crippen LogP contribution in [0, 0.1) is 0 Å². The van der Waals surface area contributed by atoms with Gasteiger partial charge in [0.2, 0.25) is 0 Å². The highest BCUT2D eigenvalue weighted by molar-refractivity contribution is 7.89. The highest BCUT2D eigenvalue weighted by Gasteiger charge is 2.35. The molecule has 0 saturated heterocycles. The van der Waals surface area contributed by atoms with Gasteiger partial charge in [0.25, 0.3) is 10.0 Å². The molecule has 6 nitrogen and oxygen atoms in total. The Morgan fingerprint density at radius 3 is 2.47 bits per heavy atom. The molecule has 1 aromatic heterocycles. The molecule has 108 valence electrons. The SMILES string of the molecule is Cn1nccc1S(=O)(=O)NC1(CN)CCCCCC1. The molecule has 0 spiro atoms. The van der Waals surface area contributed by atoms with Crippen molar-refractivity contribution in [1.82, 2.24) is 14.5 Å². The molecule has 0 unspecified atom stereocenters. The molecule has 19 heavy (non-hydrogen) atoms. The maximum atomic E-state index is 12.4. The van der Waals surface area contributed by atoms with E-state index in [0.29, 0.717) is 6.54 Å². The van der Waals surface area contributed by atoms with E-state index in [1.807, 2.05) is 0 Å². The van der Waals surface area contributed by atoms with Crippen molar-refractivity contribution < 1.29 is 8.42 Å². The van der Waals surface area contributed by atoms with Crippen LogP contribution < -0.4 is 10.5 Å². The van der Waals surface area contributed by atoms with Gasteiger partial charge >= 0.3 is 0 Å². The summed E-state index contributed by atoms with van der Waals surface area (Å²) in [6, 6.07) is 1.50. The number of nitrogens with two attached hydrogens (primary N) is 1. The molecule has 1 fully saturated rings. The van der Waals surface area contributed by atoms with Crippen molar-refractivity contribution in [3.05, 3.63) is 12.3 Å². The van der Waals surface area contributed by atoms with Gasteiger partial charge in [-0.2, -0.15) is 5.10 Å². The van der Waals surface area contributed by atoms with Crippen LogP contribution in [-0.2, 0) is 17.1 Å². The summed E-state index contributed by atoms with van der Waals surface area (Å²) in [5.74, 6) is 0. The van der Waals surface area contributed by atoms with Gasteiger partial charge in [-0.3, -0.25) is 4.68 Å². The van der Waals surface area contributed by atoms with Crippen LogP contribution in [0.2, 0.25) is 0 Å². The zero-order valence-corrected chi connectivity index (χ0v) is 12.1. The Balaban J connectivity index is 2.24. The quantitative estimate of drug-likeness (QED) is 0.799. The smallest absolute Gasteiger partial charge is 0.258 e. The summed E-state index contributed by atoms with van der Waals surface area (Å²) >= 11 is 0. The van der Waals surface area contributed by atoms with E-state index in [4.69, 9.17) is 5.73 Å². The summed E-state index contributed by atoms with van der Waals surface area (Å²) in [7, 11) is -1.94. The van der Waals surface area contributed by atoms with Crippen molar-refractivity contribution >= 4 is 10.0 Å². The first-order valence-electron chi connectivity index (χ1n) is 6.71. The highest BCUT2D eigenvalue weighted by atomic mass is 32.2. The Kier molecular flexibility index (Phi) is 4.27. The van der Waals surface area contributed by atoms with E-state index >= 15 is 0 Å². The fourth-order valence-electron chi connectivity index (χ4n) is 2.72. The Labute approximate surface area is 114 Å². The first kappa shape index (κ1) is 14.5. The number of aromatic nitrogens is 2. The van der Waals surface area contributed by atoms with Gasteiger partial charge in [-0.25, -0.2) is 13.1 Å². The minimum Gasteiger partial charge on any atom is -0.329 e. The largest absolute Gasteiger partial charge is 0.329 e. The highest BCUT2D eigenvalue weighted by Crippen LogP contribution is 2.28. The molecule has 0 bridgehead atoms. The molecule has 1 aliphatic carbocycles. The number of nitrogens with one attached hydrogen (secondary N) is 1. The van der Waals surface area contributed by atoms with E-state index in [1.165, 1.54) is 16.9 Å². The molecule has 1 aliphatic rings. The van der Waals surface area contributed by atoms with Gasteiger partial charge in [0.1, 0.15) is 0 Å². The topological polar surface area (TPSA) is 90.0 Å². The summed E-state index contributed by atoms with van der Waals surface area (Å²) in [4.78, 5) is 0. The summed E-state index contributed by atoms with van der Waals surface area (Å²) in [5, 5.41) is 4.09. The molecule has 7 heteroatoms. The average molecular weight is 286 g/mol. The Morgan fingerprint density at radius 1 is 1.37 bits per heavy atom. The van der Waals surface area contributed by atoms with Crippen LogP contribution in [0.25, 0.3) is 0 Å². The Hall–Kier alpha value is -0.920. The van der Waals surface area contributed by atoms with Crippen LogP contribution in [-0.4, -0.2) is 30.3 Å². The normalized spacial score (nSPS) is 20.1. The second kappa shape index (κ2) is 5.60. The number of rotatable bonds is 4. The van der Waals surface area contributed by atoms with Crippen molar-refractivity contribution in [2.45, 2.75) is 49.1 Å². The van der Waals surface area contributed by atoms with Crippen LogP contribution in [0.15, 0.2) is 17.3 Å². The van der Waals surface area contributed by atoms with Crippen molar-refractivity contribution in [2.75, 3.05) is 6.54 Å². The lowest BCUT2D eigenvalue weighted by molar-refractivity contribution is 0.341. The minimum absolute atomic E-state index is 0.185. The van der Waals surface area contributed by atoms with Crippen LogP contribution in [0.1, 0.15) is 38.5 Å². The summed E-state index contributed by atoms with van der Waals surface area (Å²) in [6.07, 6.45) is 7.43. The predicted molar refractivity (Wildman–Crippen MR) is 73.0 cm³/mol. The monoisotopic (exact) mass is 286 g/mol. The third-order valence-electron chi connectivity index (χ3n) is 3.85. The standard InChI is InChI=1S/C12H22N4O2S/c1-16-11(6-9-14-16)19(17,18)15-12(10-13)7-4-2-3-5-8-12/h6,9,15H,2-5,7-8,10,13H2,1H3. The van der Waals surface area contributed by atoms with Crippen LogP contribution in [0.3, 0.4) is 0 Å². The van der Waals surface area contributed by atoms with Gasteiger partial charge in [0.15, 0.2) is 5.03 Å². The minimum atomic E-state index is -3.56. The summed E-state index contributed by atoms with van der Waals surface area (Å²) in [5.41, 5.74) is 5.36. The predicted octanol–water partition coefficient (Wildman–Crippen LogP) is 0.750. The summed E-state index contributed by atoms with van der Waals surface area (Å²) < 4.78 is 29.1. The van der Waals surface area contributed by atoms with E-state index < -0.39 is 15.6 Å². The number of sulfonamides is 1. The van der Waals surface area contributed by atoms with E-state index in [1.54, 1.807) is 7.05 Å². The van der Waals surface area contributed by atoms with Gasteiger partial charge < -0.3 is 5.73 Å². The van der Waals surface area contributed by atoms with Crippen molar-refractivity contribution in [3.8, 4) is 0 Å². The molecule has 1 heterocycles. The Bertz CT molecular complexity index is 516. The van der Waals surface area contributed by atoms with Crippen LogP contribution in [0.4, 0.5) is 0 Å².